The average molecular weight is 352 g/mol. The van der Waals surface area contributed by atoms with Crippen LogP contribution in [0.5, 0.6) is 0 Å². The molecule has 1 aliphatic rings. The average Bonchev–Trinajstić information content (AvgIpc) is 3.15. The van der Waals surface area contributed by atoms with Gasteiger partial charge in [0.15, 0.2) is 5.13 Å². The SMILES string of the molecule is CN(Cc1ccccc1Br)c1ncc(CNC2CC2)s1. The Morgan fingerprint density at radius 1 is 1.40 bits per heavy atom. The molecule has 0 spiro atoms. The first-order valence-electron chi connectivity index (χ1n) is 6.85. The fourth-order valence-corrected chi connectivity index (χ4v) is 3.27. The van der Waals surface area contributed by atoms with Gasteiger partial charge in [-0.2, -0.15) is 0 Å². The molecule has 0 saturated heterocycles. The highest BCUT2D eigenvalue weighted by atomic mass is 79.9. The van der Waals surface area contributed by atoms with Crippen molar-refractivity contribution in [2.45, 2.75) is 32.0 Å². The van der Waals surface area contributed by atoms with Crippen LogP contribution in [0.3, 0.4) is 0 Å². The van der Waals surface area contributed by atoms with Gasteiger partial charge in [-0.25, -0.2) is 4.98 Å². The highest BCUT2D eigenvalue weighted by Gasteiger charge is 2.20. The molecule has 3 rings (SSSR count). The summed E-state index contributed by atoms with van der Waals surface area (Å²) in [4.78, 5) is 8.04. The molecule has 1 saturated carbocycles. The highest BCUT2D eigenvalue weighted by Crippen LogP contribution is 2.26. The Bertz CT molecular complexity index is 580. The Labute approximate surface area is 132 Å². The van der Waals surface area contributed by atoms with Crippen molar-refractivity contribution in [3.05, 3.63) is 45.4 Å². The topological polar surface area (TPSA) is 28.2 Å². The van der Waals surface area contributed by atoms with Crippen LogP contribution in [0.2, 0.25) is 0 Å². The summed E-state index contributed by atoms with van der Waals surface area (Å²) >= 11 is 5.37. The summed E-state index contributed by atoms with van der Waals surface area (Å²) in [6.07, 6.45) is 4.65. The Kier molecular flexibility index (Phi) is 4.38. The van der Waals surface area contributed by atoms with Gasteiger partial charge >= 0.3 is 0 Å². The van der Waals surface area contributed by atoms with Crippen LogP contribution in [0.4, 0.5) is 5.13 Å². The predicted octanol–water partition coefficient (Wildman–Crippen LogP) is 3.79. The minimum absolute atomic E-state index is 0.749. The number of nitrogens with zero attached hydrogens (tertiary/aromatic N) is 2. The van der Waals surface area contributed by atoms with Gasteiger partial charge in [0.1, 0.15) is 0 Å². The smallest absolute Gasteiger partial charge is 0.185 e. The number of nitrogens with one attached hydrogen (secondary N) is 1. The van der Waals surface area contributed by atoms with Crippen molar-refractivity contribution in [1.82, 2.24) is 10.3 Å². The lowest BCUT2D eigenvalue weighted by atomic mass is 10.2. The highest BCUT2D eigenvalue weighted by molar-refractivity contribution is 9.10. The summed E-state index contributed by atoms with van der Waals surface area (Å²) in [6.45, 7) is 1.82. The maximum atomic E-state index is 4.53. The molecule has 20 heavy (non-hydrogen) atoms. The third-order valence-electron chi connectivity index (χ3n) is 3.38. The molecule has 0 radical (unpaired) electrons. The third kappa shape index (κ3) is 3.59. The van der Waals surface area contributed by atoms with E-state index in [9.17, 15) is 0 Å². The second-order valence-electron chi connectivity index (χ2n) is 5.21. The molecule has 1 aliphatic carbocycles. The van der Waals surface area contributed by atoms with E-state index < -0.39 is 0 Å². The van der Waals surface area contributed by atoms with Crippen molar-refractivity contribution in [3.63, 3.8) is 0 Å². The Hall–Kier alpha value is -0.910. The minimum atomic E-state index is 0.749. The number of rotatable bonds is 6. The lowest BCUT2D eigenvalue weighted by Crippen LogP contribution is -2.16. The first-order chi connectivity index (χ1) is 9.72. The van der Waals surface area contributed by atoms with Crippen molar-refractivity contribution < 1.29 is 0 Å². The second-order valence-corrected chi connectivity index (χ2v) is 7.16. The molecule has 0 amide bonds. The van der Waals surface area contributed by atoms with Gasteiger partial charge in [-0.1, -0.05) is 34.1 Å². The second kappa shape index (κ2) is 6.24. The molecular formula is C15H18BrN3S. The quantitative estimate of drug-likeness (QED) is 0.857. The summed E-state index contributed by atoms with van der Waals surface area (Å²) in [6, 6.07) is 9.08. The fourth-order valence-electron chi connectivity index (χ4n) is 2.04. The zero-order valence-corrected chi connectivity index (χ0v) is 13.9. The van der Waals surface area contributed by atoms with E-state index in [0.29, 0.717) is 0 Å². The number of hydrogen-bond acceptors (Lipinski definition) is 4. The van der Waals surface area contributed by atoms with Gasteiger partial charge in [-0.15, -0.1) is 11.3 Å². The Balaban J connectivity index is 1.61. The molecule has 2 aromatic rings. The van der Waals surface area contributed by atoms with E-state index in [1.54, 1.807) is 11.3 Å². The molecule has 0 unspecified atom stereocenters. The van der Waals surface area contributed by atoms with Crippen LogP contribution >= 0.6 is 27.3 Å². The van der Waals surface area contributed by atoms with Gasteiger partial charge in [-0.3, -0.25) is 0 Å². The fraction of sp³-hybridized carbons (Fsp3) is 0.400. The first-order valence-corrected chi connectivity index (χ1v) is 8.46. The van der Waals surface area contributed by atoms with E-state index in [4.69, 9.17) is 0 Å². The number of hydrogen-bond donors (Lipinski definition) is 1. The summed E-state index contributed by atoms with van der Waals surface area (Å²) in [5, 5.41) is 4.61. The number of anilines is 1. The predicted molar refractivity (Wildman–Crippen MR) is 88.2 cm³/mol. The summed E-state index contributed by atoms with van der Waals surface area (Å²) in [5.74, 6) is 0. The Morgan fingerprint density at radius 2 is 2.20 bits per heavy atom. The van der Waals surface area contributed by atoms with E-state index in [0.717, 1.165) is 28.7 Å². The van der Waals surface area contributed by atoms with Gasteiger partial charge in [0.25, 0.3) is 0 Å². The molecular weight excluding hydrogens is 334 g/mol. The van der Waals surface area contributed by atoms with Crippen molar-refractivity contribution in [2.75, 3.05) is 11.9 Å². The van der Waals surface area contributed by atoms with Gasteiger partial charge in [-0.05, 0) is 24.5 Å². The van der Waals surface area contributed by atoms with Crippen molar-refractivity contribution in [1.29, 1.82) is 0 Å². The van der Waals surface area contributed by atoms with Crippen LogP contribution < -0.4 is 10.2 Å². The summed E-state index contributed by atoms with van der Waals surface area (Å²) < 4.78 is 1.15. The normalized spacial score (nSPS) is 14.5. The number of thiazole rings is 1. The van der Waals surface area contributed by atoms with Crippen LogP contribution in [0.15, 0.2) is 34.9 Å². The number of halogens is 1. The first kappa shape index (κ1) is 14.0. The van der Waals surface area contributed by atoms with Crippen LogP contribution in [0.1, 0.15) is 23.3 Å². The lowest BCUT2D eigenvalue weighted by Gasteiger charge is -2.16. The van der Waals surface area contributed by atoms with Crippen molar-refractivity contribution in [2.24, 2.45) is 0 Å². The maximum absolute atomic E-state index is 4.53. The summed E-state index contributed by atoms with van der Waals surface area (Å²) in [5.41, 5.74) is 1.28. The molecule has 1 N–H and O–H groups in total. The zero-order valence-electron chi connectivity index (χ0n) is 11.5. The van der Waals surface area contributed by atoms with E-state index in [1.807, 2.05) is 12.3 Å². The third-order valence-corrected chi connectivity index (χ3v) is 5.26. The molecule has 0 bridgehead atoms. The molecule has 0 aliphatic heterocycles. The molecule has 1 heterocycles. The standard InChI is InChI=1S/C15H18BrN3S/c1-19(10-11-4-2-3-5-14(11)16)15-18-9-13(20-15)8-17-12-6-7-12/h2-5,9,12,17H,6-8,10H2,1H3. The van der Waals surface area contributed by atoms with Crippen LogP contribution in [0, 0.1) is 0 Å². The molecule has 0 atom stereocenters. The molecule has 1 aromatic heterocycles. The monoisotopic (exact) mass is 351 g/mol. The van der Waals surface area contributed by atoms with E-state index in [1.165, 1.54) is 23.3 Å². The molecule has 106 valence electrons. The minimum Gasteiger partial charge on any atom is -0.347 e. The van der Waals surface area contributed by atoms with Crippen LogP contribution in [-0.4, -0.2) is 18.1 Å². The van der Waals surface area contributed by atoms with Crippen LogP contribution in [0.25, 0.3) is 0 Å². The molecule has 1 fully saturated rings. The van der Waals surface area contributed by atoms with E-state index >= 15 is 0 Å². The van der Waals surface area contributed by atoms with E-state index in [-0.39, 0.29) is 0 Å². The molecule has 5 heteroatoms. The number of aromatic nitrogens is 1. The van der Waals surface area contributed by atoms with E-state index in [2.05, 4.69) is 56.4 Å². The molecule has 1 aromatic carbocycles. The maximum Gasteiger partial charge on any atom is 0.185 e. The lowest BCUT2D eigenvalue weighted by molar-refractivity contribution is 0.694. The van der Waals surface area contributed by atoms with Crippen LogP contribution in [-0.2, 0) is 13.1 Å². The molecule has 3 nitrogen and oxygen atoms in total. The van der Waals surface area contributed by atoms with Gasteiger partial charge in [0.05, 0.1) is 0 Å². The number of benzene rings is 1. The van der Waals surface area contributed by atoms with Gasteiger partial charge in [0, 0.05) is 41.7 Å². The largest absolute Gasteiger partial charge is 0.347 e. The zero-order chi connectivity index (χ0) is 13.9. The van der Waals surface area contributed by atoms with Crippen molar-refractivity contribution >= 4 is 32.4 Å². The van der Waals surface area contributed by atoms with Crippen molar-refractivity contribution in [3.8, 4) is 0 Å². The van der Waals surface area contributed by atoms with Gasteiger partial charge in [0.2, 0.25) is 0 Å². The Morgan fingerprint density at radius 3 is 2.95 bits per heavy atom. The summed E-state index contributed by atoms with van der Waals surface area (Å²) in [7, 11) is 2.09. The van der Waals surface area contributed by atoms with Gasteiger partial charge < -0.3 is 10.2 Å².